The Morgan fingerprint density at radius 3 is 2.40 bits per heavy atom. The molecule has 0 rings (SSSR count). The number of hydrogen-bond acceptors (Lipinski definition) is 3. The quantitative estimate of drug-likeness (QED) is 0.591. The molecule has 0 aromatic rings. The van der Waals surface area contributed by atoms with Crippen LogP contribution in [-0.4, -0.2) is 49.1 Å². The van der Waals surface area contributed by atoms with E-state index in [1.165, 1.54) is 0 Å². The smallest absolute Gasteiger partial charge is 0.411 e. The summed E-state index contributed by atoms with van der Waals surface area (Å²) in [6, 6.07) is -1.80. The van der Waals surface area contributed by atoms with Gasteiger partial charge in [0.05, 0.1) is 6.61 Å². The number of carboxylic acids is 1. The number of nitrogens with one attached hydrogen (secondary N) is 2. The van der Waals surface area contributed by atoms with Gasteiger partial charge in [-0.3, -0.25) is 0 Å². The van der Waals surface area contributed by atoms with Gasteiger partial charge in [-0.2, -0.15) is 13.2 Å². The molecule has 3 N–H and O–H groups in total. The lowest BCUT2D eigenvalue weighted by molar-refractivity contribution is -0.173. The standard InChI is InChI=1S/C11H19F3N2O4/c1-3-7(2)8(9(17)18)16-10(19)15-4-5-20-6-11(12,13)14/h7-8H,3-6H2,1-2H3,(H,17,18)(H2,15,16,19)/t7-,8-/m0/s1. The number of alkyl halides is 3. The maximum absolute atomic E-state index is 11.7. The van der Waals surface area contributed by atoms with E-state index >= 15 is 0 Å². The van der Waals surface area contributed by atoms with Gasteiger partial charge in [0, 0.05) is 6.54 Å². The maximum Gasteiger partial charge on any atom is 0.411 e. The summed E-state index contributed by atoms with van der Waals surface area (Å²) >= 11 is 0. The van der Waals surface area contributed by atoms with Gasteiger partial charge in [0.2, 0.25) is 0 Å². The average molecular weight is 300 g/mol. The number of urea groups is 1. The SMILES string of the molecule is CC[C@H](C)[C@H](NC(=O)NCCOCC(F)(F)F)C(=O)O. The number of halogens is 3. The number of carbonyl (C=O) groups is 2. The fraction of sp³-hybridized carbons (Fsp3) is 0.818. The van der Waals surface area contributed by atoms with Gasteiger partial charge in [0.15, 0.2) is 0 Å². The van der Waals surface area contributed by atoms with Crippen molar-refractivity contribution in [3.05, 3.63) is 0 Å². The molecule has 0 aliphatic heterocycles. The molecule has 2 amide bonds. The van der Waals surface area contributed by atoms with Crippen LogP contribution in [0.3, 0.4) is 0 Å². The minimum atomic E-state index is -4.41. The number of carbonyl (C=O) groups excluding carboxylic acids is 1. The predicted molar refractivity (Wildman–Crippen MR) is 64.3 cm³/mol. The Bertz CT molecular complexity index is 323. The van der Waals surface area contributed by atoms with Crippen LogP contribution in [0.25, 0.3) is 0 Å². The van der Waals surface area contributed by atoms with E-state index in [4.69, 9.17) is 5.11 Å². The summed E-state index contributed by atoms with van der Waals surface area (Å²) in [6.45, 7) is 1.61. The van der Waals surface area contributed by atoms with Gasteiger partial charge in [0.1, 0.15) is 12.6 Å². The lowest BCUT2D eigenvalue weighted by atomic mass is 9.99. The number of carboxylic acid groups (broad SMARTS) is 1. The van der Waals surface area contributed by atoms with E-state index in [9.17, 15) is 22.8 Å². The van der Waals surface area contributed by atoms with Crippen molar-refractivity contribution < 1.29 is 32.6 Å². The van der Waals surface area contributed by atoms with Crippen molar-refractivity contribution in [3.63, 3.8) is 0 Å². The van der Waals surface area contributed by atoms with Gasteiger partial charge >= 0.3 is 18.2 Å². The number of hydrogen-bond donors (Lipinski definition) is 3. The van der Waals surface area contributed by atoms with Crippen LogP contribution in [0.5, 0.6) is 0 Å². The van der Waals surface area contributed by atoms with Crippen LogP contribution in [0.4, 0.5) is 18.0 Å². The predicted octanol–water partition coefficient (Wildman–Crippen LogP) is 1.36. The minimum Gasteiger partial charge on any atom is -0.480 e. The molecule has 6 nitrogen and oxygen atoms in total. The van der Waals surface area contributed by atoms with Gasteiger partial charge in [0.25, 0.3) is 0 Å². The fourth-order valence-corrected chi connectivity index (χ4v) is 1.30. The summed E-state index contributed by atoms with van der Waals surface area (Å²) in [5.41, 5.74) is 0. The first kappa shape index (κ1) is 18.5. The topological polar surface area (TPSA) is 87.7 Å². The minimum absolute atomic E-state index is 0.144. The third-order valence-corrected chi connectivity index (χ3v) is 2.56. The molecule has 0 saturated carbocycles. The van der Waals surface area contributed by atoms with Gasteiger partial charge in [-0.25, -0.2) is 9.59 Å². The van der Waals surface area contributed by atoms with E-state index in [0.29, 0.717) is 6.42 Å². The zero-order valence-corrected chi connectivity index (χ0v) is 11.3. The molecule has 20 heavy (non-hydrogen) atoms. The Labute approximate surface area is 114 Å². The van der Waals surface area contributed by atoms with E-state index < -0.39 is 30.8 Å². The highest BCUT2D eigenvalue weighted by Crippen LogP contribution is 2.13. The van der Waals surface area contributed by atoms with Gasteiger partial charge in [-0.1, -0.05) is 20.3 Å². The third-order valence-electron chi connectivity index (χ3n) is 2.56. The summed E-state index contributed by atoms with van der Waals surface area (Å²) in [5, 5.41) is 13.4. The summed E-state index contributed by atoms with van der Waals surface area (Å²) in [5.74, 6) is -1.43. The maximum atomic E-state index is 11.7. The first-order chi connectivity index (χ1) is 9.17. The Morgan fingerprint density at radius 2 is 1.95 bits per heavy atom. The first-order valence-electron chi connectivity index (χ1n) is 6.09. The van der Waals surface area contributed by atoms with Gasteiger partial charge < -0.3 is 20.5 Å². The molecule has 0 bridgehead atoms. The molecule has 0 spiro atoms. The average Bonchev–Trinajstić information content (AvgIpc) is 2.32. The lowest BCUT2D eigenvalue weighted by Crippen LogP contribution is -2.49. The zero-order valence-electron chi connectivity index (χ0n) is 11.3. The molecule has 2 atom stereocenters. The molecule has 9 heteroatoms. The Morgan fingerprint density at radius 1 is 1.35 bits per heavy atom. The highest BCUT2D eigenvalue weighted by Gasteiger charge is 2.27. The molecular weight excluding hydrogens is 281 g/mol. The highest BCUT2D eigenvalue weighted by atomic mass is 19.4. The summed E-state index contributed by atoms with van der Waals surface area (Å²) in [6.07, 6.45) is -3.85. The normalized spacial score (nSPS) is 14.4. The van der Waals surface area contributed by atoms with E-state index in [0.717, 1.165) is 0 Å². The summed E-state index contributed by atoms with van der Waals surface area (Å²) < 4.78 is 39.5. The molecule has 0 saturated heterocycles. The molecule has 0 fully saturated rings. The van der Waals surface area contributed by atoms with Gasteiger partial charge in [-0.05, 0) is 5.92 Å². The number of amides is 2. The summed E-state index contributed by atoms with van der Waals surface area (Å²) in [7, 11) is 0. The molecular formula is C11H19F3N2O4. The van der Waals surface area contributed by atoms with Crippen molar-refractivity contribution in [2.24, 2.45) is 5.92 Å². The number of rotatable bonds is 8. The van der Waals surface area contributed by atoms with Crippen molar-refractivity contribution >= 4 is 12.0 Å². The van der Waals surface area contributed by atoms with Crippen LogP contribution in [-0.2, 0) is 9.53 Å². The number of aliphatic carboxylic acids is 1. The van der Waals surface area contributed by atoms with E-state index in [2.05, 4.69) is 15.4 Å². The largest absolute Gasteiger partial charge is 0.480 e. The zero-order chi connectivity index (χ0) is 15.8. The molecule has 0 unspecified atom stereocenters. The molecule has 118 valence electrons. The van der Waals surface area contributed by atoms with Crippen molar-refractivity contribution in [2.45, 2.75) is 32.5 Å². The first-order valence-corrected chi connectivity index (χ1v) is 6.09. The molecule has 0 radical (unpaired) electrons. The molecule has 0 aromatic heterocycles. The van der Waals surface area contributed by atoms with E-state index in [-0.39, 0.29) is 19.1 Å². The molecule has 0 heterocycles. The molecule has 0 aliphatic carbocycles. The second kappa shape index (κ2) is 8.62. The monoisotopic (exact) mass is 300 g/mol. The lowest BCUT2D eigenvalue weighted by Gasteiger charge is -2.20. The van der Waals surface area contributed by atoms with Crippen LogP contribution >= 0.6 is 0 Å². The Balaban J connectivity index is 3.95. The van der Waals surface area contributed by atoms with Crippen molar-refractivity contribution in [1.29, 1.82) is 0 Å². The highest BCUT2D eigenvalue weighted by molar-refractivity contribution is 5.82. The molecule has 0 aromatic carbocycles. The Hall–Kier alpha value is -1.51. The van der Waals surface area contributed by atoms with Crippen LogP contribution in [0.1, 0.15) is 20.3 Å². The third kappa shape index (κ3) is 8.57. The van der Waals surface area contributed by atoms with E-state index in [1.807, 2.05) is 0 Å². The van der Waals surface area contributed by atoms with Crippen LogP contribution in [0.15, 0.2) is 0 Å². The van der Waals surface area contributed by atoms with Crippen LogP contribution < -0.4 is 10.6 Å². The molecule has 0 aliphatic rings. The second-order valence-electron chi connectivity index (χ2n) is 4.27. The van der Waals surface area contributed by atoms with Crippen molar-refractivity contribution in [1.82, 2.24) is 10.6 Å². The number of ether oxygens (including phenoxy) is 1. The van der Waals surface area contributed by atoms with Crippen LogP contribution in [0, 0.1) is 5.92 Å². The second-order valence-corrected chi connectivity index (χ2v) is 4.27. The Kier molecular flexibility index (Phi) is 7.97. The fourth-order valence-electron chi connectivity index (χ4n) is 1.30. The summed E-state index contributed by atoms with van der Waals surface area (Å²) in [4.78, 5) is 22.3. The van der Waals surface area contributed by atoms with E-state index in [1.54, 1.807) is 13.8 Å². The van der Waals surface area contributed by atoms with Crippen LogP contribution in [0.2, 0.25) is 0 Å². The van der Waals surface area contributed by atoms with Crippen molar-refractivity contribution in [2.75, 3.05) is 19.8 Å². The van der Waals surface area contributed by atoms with Gasteiger partial charge in [-0.15, -0.1) is 0 Å². The van der Waals surface area contributed by atoms with Crippen molar-refractivity contribution in [3.8, 4) is 0 Å².